The summed E-state index contributed by atoms with van der Waals surface area (Å²) in [5, 5.41) is 10.8. The van der Waals surface area contributed by atoms with Gasteiger partial charge >= 0.3 is 11.9 Å². The maximum atomic E-state index is 12.8. The highest BCUT2D eigenvalue weighted by molar-refractivity contribution is 5.94. The average molecular weight is 632 g/mol. The predicted molar refractivity (Wildman–Crippen MR) is 172 cm³/mol. The maximum absolute atomic E-state index is 12.8. The van der Waals surface area contributed by atoms with Crippen molar-refractivity contribution in [1.82, 2.24) is 4.90 Å². The van der Waals surface area contributed by atoms with Crippen LogP contribution in [-0.2, 0) is 28.6 Å². The van der Waals surface area contributed by atoms with Gasteiger partial charge in [-0.2, -0.15) is 0 Å². The van der Waals surface area contributed by atoms with Crippen molar-refractivity contribution in [1.29, 1.82) is 0 Å². The Balaban J connectivity index is 1.45. The minimum absolute atomic E-state index is 0.0108. The molecule has 0 aromatic rings. The molecule has 8 heteroatoms. The van der Waals surface area contributed by atoms with Crippen LogP contribution in [0.2, 0.25) is 0 Å². The minimum Gasteiger partial charge on any atom is -0.462 e. The predicted octanol–water partition coefficient (Wildman–Crippen LogP) is 6.31. The van der Waals surface area contributed by atoms with Crippen LogP contribution in [0.4, 0.5) is 0 Å². The largest absolute Gasteiger partial charge is 0.462 e. The third kappa shape index (κ3) is 5.46. The molecule has 5 fully saturated rings. The van der Waals surface area contributed by atoms with Gasteiger partial charge in [-0.1, -0.05) is 34.6 Å². The van der Waals surface area contributed by atoms with E-state index in [1.807, 2.05) is 13.8 Å². The van der Waals surface area contributed by atoms with Crippen LogP contribution in [0.5, 0.6) is 0 Å². The van der Waals surface area contributed by atoms with Gasteiger partial charge in [0.25, 0.3) is 0 Å². The molecule has 0 aromatic carbocycles. The second-order valence-corrected chi connectivity index (χ2v) is 18.0. The number of ether oxygens (including phenoxy) is 3. The van der Waals surface area contributed by atoms with Crippen LogP contribution in [0.25, 0.3) is 0 Å². The summed E-state index contributed by atoms with van der Waals surface area (Å²) < 4.78 is 19.2. The Bertz CT molecular complexity index is 1190. The molecule has 0 unspecified atom stereocenters. The summed E-state index contributed by atoms with van der Waals surface area (Å²) in [6.45, 7) is 19.5. The fourth-order valence-corrected chi connectivity index (χ4v) is 12.0. The van der Waals surface area contributed by atoms with Gasteiger partial charge in [-0.15, -0.1) is 0 Å². The molecule has 11 atom stereocenters. The van der Waals surface area contributed by atoms with Crippen molar-refractivity contribution in [2.24, 2.45) is 45.3 Å². The SMILES string of the molecule is CC(=O)O[C@@H]1C[C@@H]2[C@@]3(C)CC[C@@H](OC(=O)CC(=O)N(C)C)C(C)(C)[C@@H]3CC[C@@]2(C)[C@]2(C)CC[C@H]([C@]3(C)CC[C@H](C(C)(C)O)O3)[C@@H]12. The third-order valence-corrected chi connectivity index (χ3v) is 14.6. The monoisotopic (exact) mass is 631 g/mol. The van der Waals surface area contributed by atoms with Crippen molar-refractivity contribution in [2.45, 2.75) is 156 Å². The van der Waals surface area contributed by atoms with E-state index in [-0.39, 0.29) is 75.7 Å². The van der Waals surface area contributed by atoms with E-state index in [9.17, 15) is 19.5 Å². The smallest absolute Gasteiger partial charge is 0.315 e. The number of carbonyl (C=O) groups excluding carboxylic acids is 3. The summed E-state index contributed by atoms with van der Waals surface area (Å²) in [6, 6.07) is 0. The maximum Gasteiger partial charge on any atom is 0.315 e. The first-order valence-electron chi connectivity index (χ1n) is 17.6. The molecule has 4 saturated carbocycles. The van der Waals surface area contributed by atoms with Crippen LogP contribution in [0, 0.1) is 45.3 Å². The first-order chi connectivity index (χ1) is 20.6. The van der Waals surface area contributed by atoms with E-state index in [4.69, 9.17) is 14.2 Å². The quantitative estimate of drug-likeness (QED) is 0.271. The van der Waals surface area contributed by atoms with E-state index in [2.05, 4.69) is 41.5 Å². The van der Waals surface area contributed by atoms with Gasteiger partial charge in [0.2, 0.25) is 5.91 Å². The highest BCUT2D eigenvalue weighted by Gasteiger charge is 2.72. The molecule has 1 N–H and O–H groups in total. The number of rotatable bonds is 6. The number of fused-ring (bicyclic) bond motifs is 5. The zero-order valence-corrected chi connectivity index (χ0v) is 30.0. The molecule has 5 aliphatic rings. The van der Waals surface area contributed by atoms with Gasteiger partial charge in [0.15, 0.2) is 0 Å². The molecule has 8 nitrogen and oxygen atoms in total. The van der Waals surface area contributed by atoms with Crippen LogP contribution in [0.15, 0.2) is 0 Å². The Morgan fingerprint density at radius 3 is 2.09 bits per heavy atom. The Morgan fingerprint density at radius 2 is 1.51 bits per heavy atom. The number of hydrogen-bond acceptors (Lipinski definition) is 7. The van der Waals surface area contributed by atoms with Crippen LogP contribution in [0.1, 0.15) is 127 Å². The van der Waals surface area contributed by atoms with Gasteiger partial charge in [0.05, 0.1) is 17.3 Å². The molecular weight excluding hydrogens is 570 g/mol. The van der Waals surface area contributed by atoms with E-state index in [1.165, 1.54) is 4.90 Å². The number of esters is 2. The fraction of sp³-hybridized carbons (Fsp3) is 0.919. The molecule has 256 valence electrons. The molecule has 45 heavy (non-hydrogen) atoms. The van der Waals surface area contributed by atoms with Crippen LogP contribution in [0.3, 0.4) is 0 Å². The molecule has 1 aliphatic heterocycles. The summed E-state index contributed by atoms with van der Waals surface area (Å²) in [5.41, 5.74) is -1.51. The Morgan fingerprint density at radius 1 is 0.867 bits per heavy atom. The minimum atomic E-state index is -0.895. The van der Waals surface area contributed by atoms with Crippen molar-refractivity contribution >= 4 is 17.8 Å². The first-order valence-corrected chi connectivity index (χ1v) is 17.6. The van der Waals surface area contributed by atoms with E-state index >= 15 is 0 Å². The van der Waals surface area contributed by atoms with E-state index in [0.717, 1.165) is 57.8 Å². The van der Waals surface area contributed by atoms with Gasteiger partial charge in [0.1, 0.15) is 18.6 Å². The zero-order chi connectivity index (χ0) is 33.5. The van der Waals surface area contributed by atoms with Crippen molar-refractivity contribution in [3.63, 3.8) is 0 Å². The standard InChI is InChI=1S/C37H61NO7/c1-22(39)43-24-20-26-34(6)16-14-27(44-30(41)21-29(40)38(10)11)32(2,3)25(34)13-18-35(26,7)36(8)17-12-23(31(24)36)37(9)19-15-28(45-37)33(4,5)42/h23-28,31,42H,12-21H2,1-11H3/t23-,24+,25-,26+,27+,28+,31-,34-,35+,36+,37-/m0/s1. The summed E-state index contributed by atoms with van der Waals surface area (Å²) in [7, 11) is 3.31. The molecule has 5 rings (SSSR count). The molecule has 0 radical (unpaired) electrons. The van der Waals surface area contributed by atoms with Gasteiger partial charge in [0, 0.05) is 32.4 Å². The second-order valence-electron chi connectivity index (χ2n) is 18.0. The number of amides is 1. The van der Waals surface area contributed by atoms with E-state index in [1.54, 1.807) is 21.0 Å². The number of carbonyl (C=O) groups is 3. The lowest BCUT2D eigenvalue weighted by atomic mass is 9.35. The molecule has 0 aromatic heterocycles. The first kappa shape index (κ1) is 34.7. The lowest BCUT2D eigenvalue weighted by Gasteiger charge is -2.70. The molecule has 4 aliphatic carbocycles. The molecule has 0 bridgehead atoms. The Labute approximate surface area is 271 Å². The summed E-state index contributed by atoms with van der Waals surface area (Å²) >= 11 is 0. The van der Waals surface area contributed by atoms with Crippen LogP contribution < -0.4 is 0 Å². The van der Waals surface area contributed by atoms with Crippen molar-refractivity contribution in [2.75, 3.05) is 14.1 Å². The van der Waals surface area contributed by atoms with Gasteiger partial charge in [-0.05, 0) is 113 Å². The summed E-state index contributed by atoms with van der Waals surface area (Å²) in [5.74, 6) is 0.218. The van der Waals surface area contributed by atoms with Gasteiger partial charge < -0.3 is 24.2 Å². The molecule has 1 heterocycles. The van der Waals surface area contributed by atoms with Crippen molar-refractivity contribution in [3.05, 3.63) is 0 Å². The normalized spacial score (nSPS) is 45.6. The molecule has 0 spiro atoms. The lowest BCUT2D eigenvalue weighted by molar-refractivity contribution is -0.254. The van der Waals surface area contributed by atoms with Gasteiger partial charge in [-0.3, -0.25) is 14.4 Å². The Hall–Kier alpha value is -1.67. The Kier molecular flexibility index (Phi) is 8.63. The zero-order valence-electron chi connectivity index (χ0n) is 30.0. The number of aliphatic hydroxyl groups is 1. The average Bonchev–Trinajstić information content (AvgIpc) is 3.49. The van der Waals surface area contributed by atoms with E-state index < -0.39 is 11.6 Å². The molecule has 1 saturated heterocycles. The number of hydrogen-bond donors (Lipinski definition) is 1. The highest BCUT2D eigenvalue weighted by atomic mass is 16.6. The molecular formula is C37H61NO7. The summed E-state index contributed by atoms with van der Waals surface area (Å²) in [6.07, 6.45) is 7.66. The molecule has 1 amide bonds. The van der Waals surface area contributed by atoms with Crippen LogP contribution >= 0.6 is 0 Å². The lowest BCUT2D eigenvalue weighted by Crippen LogP contribution is -2.67. The van der Waals surface area contributed by atoms with Crippen molar-refractivity contribution in [3.8, 4) is 0 Å². The third-order valence-electron chi connectivity index (χ3n) is 14.6. The number of nitrogens with zero attached hydrogens (tertiary/aromatic N) is 1. The van der Waals surface area contributed by atoms with Crippen molar-refractivity contribution < 1.29 is 33.7 Å². The van der Waals surface area contributed by atoms with E-state index in [0.29, 0.717) is 11.8 Å². The second kappa shape index (κ2) is 11.2. The fourth-order valence-electron chi connectivity index (χ4n) is 12.0. The van der Waals surface area contributed by atoms with Crippen LogP contribution in [-0.4, -0.2) is 71.5 Å². The topological polar surface area (TPSA) is 102 Å². The summed E-state index contributed by atoms with van der Waals surface area (Å²) in [4.78, 5) is 39.2. The highest BCUT2D eigenvalue weighted by Crippen LogP contribution is 2.76. The van der Waals surface area contributed by atoms with Gasteiger partial charge in [-0.25, -0.2) is 0 Å².